The third-order valence-electron chi connectivity index (χ3n) is 4.57. The summed E-state index contributed by atoms with van der Waals surface area (Å²) in [6, 6.07) is 0. The Kier molecular flexibility index (Phi) is 2.51. The van der Waals surface area contributed by atoms with Gasteiger partial charge in [0.05, 0.1) is 5.69 Å². The molecule has 3 atom stereocenters. The highest BCUT2D eigenvalue weighted by molar-refractivity contribution is 5.14. The quantitative estimate of drug-likeness (QED) is 0.846. The molecule has 3 unspecified atom stereocenters. The van der Waals surface area contributed by atoms with Crippen molar-refractivity contribution in [1.82, 2.24) is 9.78 Å². The van der Waals surface area contributed by atoms with Crippen LogP contribution in [0.1, 0.15) is 36.9 Å². The van der Waals surface area contributed by atoms with E-state index >= 15 is 0 Å². The fourth-order valence-corrected chi connectivity index (χ4v) is 3.69. The molecule has 3 nitrogen and oxygen atoms in total. The van der Waals surface area contributed by atoms with Gasteiger partial charge in [-0.15, -0.1) is 0 Å². The van der Waals surface area contributed by atoms with Crippen molar-refractivity contribution in [1.29, 1.82) is 0 Å². The van der Waals surface area contributed by atoms with Gasteiger partial charge in [-0.1, -0.05) is 6.42 Å². The van der Waals surface area contributed by atoms with E-state index in [2.05, 4.69) is 22.9 Å². The van der Waals surface area contributed by atoms with Crippen LogP contribution in [-0.4, -0.2) is 9.78 Å². The highest BCUT2D eigenvalue weighted by atomic mass is 15.3. The fraction of sp³-hybridized carbons (Fsp3) is 0.769. The van der Waals surface area contributed by atoms with Gasteiger partial charge in [-0.2, -0.15) is 5.10 Å². The van der Waals surface area contributed by atoms with Gasteiger partial charge < -0.3 is 5.73 Å². The SMILES string of the molecule is Cc1nn(CC2CC3CCC2C3)cc1CN. The molecule has 0 amide bonds. The molecule has 1 aromatic heterocycles. The zero-order chi connectivity index (χ0) is 11.1. The molecule has 16 heavy (non-hydrogen) atoms. The van der Waals surface area contributed by atoms with Gasteiger partial charge in [0.1, 0.15) is 0 Å². The van der Waals surface area contributed by atoms with Crippen LogP contribution in [0.15, 0.2) is 6.20 Å². The van der Waals surface area contributed by atoms with Gasteiger partial charge in [0.25, 0.3) is 0 Å². The van der Waals surface area contributed by atoms with E-state index in [1.54, 1.807) is 0 Å². The van der Waals surface area contributed by atoms with E-state index in [1.807, 2.05) is 0 Å². The average Bonchev–Trinajstić information content (AvgIpc) is 2.93. The van der Waals surface area contributed by atoms with E-state index in [-0.39, 0.29) is 0 Å². The second-order valence-electron chi connectivity index (χ2n) is 5.60. The van der Waals surface area contributed by atoms with Crippen LogP contribution in [-0.2, 0) is 13.1 Å². The van der Waals surface area contributed by atoms with Gasteiger partial charge in [0, 0.05) is 24.8 Å². The Labute approximate surface area is 97.0 Å². The molecule has 0 saturated heterocycles. The van der Waals surface area contributed by atoms with Crippen molar-refractivity contribution in [2.75, 3.05) is 0 Å². The summed E-state index contributed by atoms with van der Waals surface area (Å²) >= 11 is 0. The molecular formula is C13H21N3. The van der Waals surface area contributed by atoms with E-state index in [0.29, 0.717) is 6.54 Å². The Bertz CT molecular complexity index is 383. The lowest BCUT2D eigenvalue weighted by Crippen LogP contribution is -2.17. The van der Waals surface area contributed by atoms with Crippen molar-refractivity contribution in [3.63, 3.8) is 0 Å². The van der Waals surface area contributed by atoms with Gasteiger partial charge >= 0.3 is 0 Å². The highest BCUT2D eigenvalue weighted by Crippen LogP contribution is 2.48. The zero-order valence-electron chi connectivity index (χ0n) is 10.0. The third kappa shape index (κ3) is 1.67. The second-order valence-corrected chi connectivity index (χ2v) is 5.60. The molecule has 88 valence electrons. The molecule has 1 heterocycles. The molecule has 2 bridgehead atoms. The third-order valence-corrected chi connectivity index (χ3v) is 4.57. The van der Waals surface area contributed by atoms with Gasteiger partial charge in [-0.3, -0.25) is 4.68 Å². The van der Waals surface area contributed by atoms with Gasteiger partial charge in [-0.05, 0) is 43.9 Å². The first-order chi connectivity index (χ1) is 7.76. The fourth-order valence-electron chi connectivity index (χ4n) is 3.69. The predicted octanol–water partition coefficient (Wildman–Crippen LogP) is 2.09. The Hall–Kier alpha value is -0.830. The van der Waals surface area contributed by atoms with Gasteiger partial charge in [0.15, 0.2) is 0 Å². The largest absolute Gasteiger partial charge is 0.326 e. The van der Waals surface area contributed by atoms with E-state index in [4.69, 9.17) is 5.73 Å². The van der Waals surface area contributed by atoms with E-state index < -0.39 is 0 Å². The van der Waals surface area contributed by atoms with Crippen molar-refractivity contribution in [3.8, 4) is 0 Å². The van der Waals surface area contributed by atoms with Crippen LogP contribution in [0.4, 0.5) is 0 Å². The maximum atomic E-state index is 5.68. The number of rotatable bonds is 3. The Morgan fingerprint density at radius 1 is 1.44 bits per heavy atom. The van der Waals surface area contributed by atoms with Crippen molar-refractivity contribution in [3.05, 3.63) is 17.5 Å². The molecule has 3 rings (SSSR count). The highest BCUT2D eigenvalue weighted by Gasteiger charge is 2.39. The number of aryl methyl sites for hydroxylation is 1. The smallest absolute Gasteiger partial charge is 0.0638 e. The Balaban J connectivity index is 1.70. The predicted molar refractivity (Wildman–Crippen MR) is 63.8 cm³/mol. The van der Waals surface area contributed by atoms with Crippen LogP contribution in [0.25, 0.3) is 0 Å². The minimum atomic E-state index is 0.614. The number of fused-ring (bicyclic) bond motifs is 2. The molecule has 0 aliphatic heterocycles. The number of hydrogen-bond donors (Lipinski definition) is 1. The summed E-state index contributed by atoms with van der Waals surface area (Å²) in [6.45, 7) is 3.78. The lowest BCUT2D eigenvalue weighted by molar-refractivity contribution is 0.285. The molecule has 2 aliphatic carbocycles. The summed E-state index contributed by atoms with van der Waals surface area (Å²) in [5.41, 5.74) is 7.98. The van der Waals surface area contributed by atoms with Crippen LogP contribution < -0.4 is 5.73 Å². The summed E-state index contributed by atoms with van der Waals surface area (Å²) in [6.07, 6.45) is 7.99. The number of nitrogens with two attached hydrogens (primary N) is 1. The van der Waals surface area contributed by atoms with Crippen molar-refractivity contribution >= 4 is 0 Å². The standard InChI is InChI=1S/C13H21N3/c1-9-13(6-14)8-16(15-9)7-12-5-10-2-3-11(12)4-10/h8,10-12H,2-7,14H2,1H3. The first-order valence-corrected chi connectivity index (χ1v) is 6.49. The lowest BCUT2D eigenvalue weighted by Gasteiger charge is -2.21. The van der Waals surface area contributed by atoms with Crippen LogP contribution >= 0.6 is 0 Å². The minimum Gasteiger partial charge on any atom is -0.326 e. The summed E-state index contributed by atoms with van der Waals surface area (Å²) < 4.78 is 2.13. The van der Waals surface area contributed by atoms with Crippen molar-refractivity contribution in [2.45, 2.75) is 45.7 Å². The molecular weight excluding hydrogens is 198 g/mol. The van der Waals surface area contributed by atoms with Crippen LogP contribution in [0.5, 0.6) is 0 Å². The maximum absolute atomic E-state index is 5.68. The van der Waals surface area contributed by atoms with Crippen molar-refractivity contribution < 1.29 is 0 Å². The molecule has 0 spiro atoms. The van der Waals surface area contributed by atoms with E-state index in [1.165, 1.54) is 31.2 Å². The van der Waals surface area contributed by atoms with Gasteiger partial charge in [-0.25, -0.2) is 0 Å². The van der Waals surface area contributed by atoms with Gasteiger partial charge in [0.2, 0.25) is 0 Å². The Morgan fingerprint density at radius 3 is 2.88 bits per heavy atom. The average molecular weight is 219 g/mol. The minimum absolute atomic E-state index is 0.614. The second kappa shape index (κ2) is 3.88. The van der Waals surface area contributed by atoms with Crippen LogP contribution in [0.2, 0.25) is 0 Å². The molecule has 2 saturated carbocycles. The summed E-state index contributed by atoms with van der Waals surface area (Å²) in [7, 11) is 0. The van der Waals surface area contributed by atoms with Crippen LogP contribution in [0, 0.1) is 24.7 Å². The van der Waals surface area contributed by atoms with E-state index in [9.17, 15) is 0 Å². The lowest BCUT2D eigenvalue weighted by atomic mass is 9.89. The normalized spacial score (nSPS) is 32.5. The van der Waals surface area contributed by atoms with Crippen molar-refractivity contribution in [2.24, 2.45) is 23.5 Å². The zero-order valence-corrected chi connectivity index (χ0v) is 10.0. The van der Waals surface area contributed by atoms with E-state index in [0.717, 1.165) is 30.0 Å². The number of nitrogens with zero attached hydrogens (tertiary/aromatic N) is 2. The summed E-state index contributed by atoms with van der Waals surface area (Å²) in [5, 5.41) is 4.57. The Morgan fingerprint density at radius 2 is 2.31 bits per heavy atom. The molecule has 2 N–H and O–H groups in total. The molecule has 3 heteroatoms. The monoisotopic (exact) mass is 219 g/mol. The molecule has 0 aromatic carbocycles. The summed E-state index contributed by atoms with van der Waals surface area (Å²) in [4.78, 5) is 0. The molecule has 0 radical (unpaired) electrons. The summed E-state index contributed by atoms with van der Waals surface area (Å²) in [5.74, 6) is 2.89. The first kappa shape index (κ1) is 10.3. The topological polar surface area (TPSA) is 43.8 Å². The molecule has 2 aliphatic rings. The molecule has 1 aromatic rings. The number of hydrogen-bond acceptors (Lipinski definition) is 2. The maximum Gasteiger partial charge on any atom is 0.0638 e. The first-order valence-electron chi connectivity index (χ1n) is 6.49. The molecule has 2 fully saturated rings. The van der Waals surface area contributed by atoms with Crippen LogP contribution in [0.3, 0.4) is 0 Å². The number of aromatic nitrogens is 2.